The van der Waals surface area contributed by atoms with Crippen molar-refractivity contribution in [2.24, 2.45) is 17.8 Å². The highest BCUT2D eigenvalue weighted by molar-refractivity contribution is 14.1. The van der Waals surface area contributed by atoms with Crippen molar-refractivity contribution in [3.63, 3.8) is 0 Å². The molecule has 5 fully saturated rings. The largest absolute Gasteiger partial charge is 0.340 e. The fourth-order valence-electron chi connectivity index (χ4n) is 5.96. The zero-order valence-electron chi connectivity index (χ0n) is 12.9. The summed E-state index contributed by atoms with van der Waals surface area (Å²) in [7, 11) is 0. The van der Waals surface area contributed by atoms with Crippen LogP contribution in [0.2, 0.25) is 0 Å². The van der Waals surface area contributed by atoms with E-state index in [1.54, 1.807) is 0 Å². The van der Waals surface area contributed by atoms with Gasteiger partial charge in [-0.3, -0.25) is 0 Å². The first-order valence-corrected chi connectivity index (χ1v) is 9.77. The Kier molecular flexibility index (Phi) is 3.65. The first kappa shape index (κ1) is 15.2. The highest BCUT2D eigenvalue weighted by Gasteiger charge is 2.62. The van der Waals surface area contributed by atoms with E-state index in [0.717, 1.165) is 31.6 Å². The van der Waals surface area contributed by atoms with Gasteiger partial charge in [0, 0.05) is 16.3 Å². The van der Waals surface area contributed by atoms with Crippen LogP contribution >= 0.6 is 22.6 Å². The van der Waals surface area contributed by atoms with Crippen molar-refractivity contribution in [2.75, 3.05) is 0 Å². The van der Waals surface area contributed by atoms with Crippen LogP contribution in [0.5, 0.6) is 0 Å². The molecule has 0 amide bonds. The normalized spacial score (nSPS) is 51.3. The molecule has 0 aromatic heterocycles. The molecule has 5 saturated carbocycles. The van der Waals surface area contributed by atoms with Crippen LogP contribution in [-0.2, 0) is 9.62 Å². The minimum atomic E-state index is -0.721. The molecule has 0 spiro atoms. The third-order valence-corrected chi connectivity index (χ3v) is 8.24. The summed E-state index contributed by atoms with van der Waals surface area (Å²) in [5.74, 6) is 1.48. The summed E-state index contributed by atoms with van der Waals surface area (Å²) >= 11 is 2.73. The lowest BCUT2D eigenvalue weighted by Crippen LogP contribution is -2.64. The minimum Gasteiger partial charge on any atom is -0.340 e. The predicted octanol–water partition coefficient (Wildman–Crippen LogP) is 4.93. The fraction of sp³-hybridized carbons (Fsp3) is 1.00. The molecule has 5 aliphatic rings. The van der Waals surface area contributed by atoms with Crippen molar-refractivity contribution in [2.45, 2.75) is 85.9 Å². The van der Waals surface area contributed by atoms with Crippen molar-refractivity contribution >= 4 is 22.6 Å². The molecule has 2 atom stereocenters. The van der Waals surface area contributed by atoms with Crippen LogP contribution in [0.1, 0.15) is 71.1 Å². The maximum absolute atomic E-state index is 9.53. The van der Waals surface area contributed by atoms with Crippen molar-refractivity contribution in [3.8, 4) is 0 Å². The van der Waals surface area contributed by atoms with Crippen LogP contribution in [0.4, 0.5) is 0 Å². The lowest BCUT2D eigenvalue weighted by atomic mass is 9.50. The molecule has 5 aliphatic carbocycles. The van der Waals surface area contributed by atoms with Crippen molar-refractivity contribution in [3.05, 3.63) is 0 Å². The quantitative estimate of drug-likeness (QED) is 0.238. The summed E-state index contributed by atoms with van der Waals surface area (Å²) in [6.45, 7) is 2.31. The number of rotatable bonds is 3. The maximum Gasteiger partial charge on any atom is 0.201 e. The first-order valence-electron chi connectivity index (χ1n) is 8.69. The van der Waals surface area contributed by atoms with Gasteiger partial charge in [-0.25, -0.2) is 10.1 Å². The van der Waals surface area contributed by atoms with Crippen molar-refractivity contribution in [1.29, 1.82) is 0 Å². The fourth-order valence-corrected chi connectivity index (χ4v) is 7.65. The third kappa shape index (κ3) is 2.39. The minimum absolute atomic E-state index is 0.0916. The van der Waals surface area contributed by atoms with Gasteiger partial charge in [0.2, 0.25) is 5.79 Å². The maximum atomic E-state index is 9.53. The summed E-state index contributed by atoms with van der Waals surface area (Å²) in [4.78, 5) is 4.95. The van der Waals surface area contributed by atoms with Gasteiger partial charge >= 0.3 is 0 Å². The van der Waals surface area contributed by atoms with Gasteiger partial charge in [0.25, 0.3) is 0 Å². The van der Waals surface area contributed by atoms with E-state index in [0.29, 0.717) is 15.3 Å². The van der Waals surface area contributed by atoms with Gasteiger partial charge in [-0.15, -0.1) is 0 Å². The zero-order valence-corrected chi connectivity index (χ0v) is 15.1. The van der Waals surface area contributed by atoms with Gasteiger partial charge in [0.05, 0.1) is 5.60 Å². The molecule has 21 heavy (non-hydrogen) atoms. The molecule has 2 unspecified atom stereocenters. The Morgan fingerprint density at radius 1 is 1.00 bits per heavy atom. The van der Waals surface area contributed by atoms with E-state index in [4.69, 9.17) is 9.62 Å². The molecule has 1 N–H and O–H groups in total. The van der Waals surface area contributed by atoms with Gasteiger partial charge in [0.15, 0.2) is 0 Å². The van der Waals surface area contributed by atoms with E-state index in [2.05, 4.69) is 29.5 Å². The first-order chi connectivity index (χ1) is 9.97. The standard InChI is InChI=1S/C17H27IO3/c1-15(20-17(21-19)5-3-2-4-6-17)13-7-12-8-14(15)11-16(18,9-12)10-13/h12-14,19H,2-11H2,1H3. The number of halogens is 1. The highest BCUT2D eigenvalue weighted by atomic mass is 127. The Morgan fingerprint density at radius 2 is 1.62 bits per heavy atom. The summed E-state index contributed by atoms with van der Waals surface area (Å²) in [6, 6.07) is 0. The molecule has 0 aromatic carbocycles. The summed E-state index contributed by atoms with van der Waals surface area (Å²) < 4.78 is 7.19. The number of hydrogen-bond donors (Lipinski definition) is 1. The molecule has 4 heteroatoms. The Bertz CT molecular complexity index is 402. The topological polar surface area (TPSA) is 38.7 Å². The van der Waals surface area contributed by atoms with E-state index < -0.39 is 5.79 Å². The van der Waals surface area contributed by atoms with E-state index in [-0.39, 0.29) is 5.60 Å². The Hall–Kier alpha value is 0.610. The molecule has 0 radical (unpaired) electrons. The molecule has 4 bridgehead atoms. The van der Waals surface area contributed by atoms with E-state index in [9.17, 15) is 5.26 Å². The number of alkyl halides is 1. The summed E-state index contributed by atoms with van der Waals surface area (Å²) in [5.41, 5.74) is -0.0916. The summed E-state index contributed by atoms with van der Waals surface area (Å²) in [5, 5.41) is 9.53. The lowest BCUT2D eigenvalue weighted by molar-refractivity contribution is -0.444. The molecule has 120 valence electrons. The van der Waals surface area contributed by atoms with Gasteiger partial charge < -0.3 is 4.74 Å². The van der Waals surface area contributed by atoms with E-state index >= 15 is 0 Å². The lowest BCUT2D eigenvalue weighted by Gasteiger charge is -2.64. The van der Waals surface area contributed by atoms with Gasteiger partial charge in [-0.05, 0) is 69.6 Å². The Labute approximate surface area is 141 Å². The molecule has 0 saturated heterocycles. The van der Waals surface area contributed by atoms with Crippen molar-refractivity contribution < 1.29 is 14.9 Å². The third-order valence-electron chi connectivity index (χ3n) is 6.92. The van der Waals surface area contributed by atoms with Crippen LogP contribution in [0, 0.1) is 17.8 Å². The Balaban J connectivity index is 1.59. The second kappa shape index (κ2) is 5.05. The average molecular weight is 406 g/mol. The number of ether oxygens (including phenoxy) is 1. The predicted molar refractivity (Wildman–Crippen MR) is 89.3 cm³/mol. The van der Waals surface area contributed by atoms with E-state index in [1.807, 2.05) is 0 Å². The SMILES string of the molecule is CC1(OC2(OO)CCCCC2)C2CC3CC1CC(I)(C3)C2. The van der Waals surface area contributed by atoms with E-state index in [1.165, 1.54) is 38.5 Å². The zero-order chi connectivity index (χ0) is 14.7. The Morgan fingerprint density at radius 3 is 2.14 bits per heavy atom. The highest BCUT2D eigenvalue weighted by Crippen LogP contribution is 2.64. The average Bonchev–Trinajstić information content (AvgIpc) is 2.44. The van der Waals surface area contributed by atoms with Crippen LogP contribution in [0.25, 0.3) is 0 Å². The molecular weight excluding hydrogens is 379 g/mol. The van der Waals surface area contributed by atoms with Crippen LogP contribution in [0.3, 0.4) is 0 Å². The number of hydrogen-bond acceptors (Lipinski definition) is 3. The molecular formula is C17H27IO3. The molecule has 0 aromatic rings. The van der Waals surface area contributed by atoms with Crippen LogP contribution < -0.4 is 0 Å². The summed E-state index contributed by atoms with van der Waals surface area (Å²) in [6.07, 6.45) is 11.8. The molecule has 5 rings (SSSR count). The second-order valence-corrected chi connectivity index (χ2v) is 10.6. The second-order valence-electron chi connectivity index (χ2n) is 8.34. The monoisotopic (exact) mass is 406 g/mol. The van der Waals surface area contributed by atoms with Gasteiger partial charge in [0.1, 0.15) is 0 Å². The van der Waals surface area contributed by atoms with Gasteiger partial charge in [-0.1, -0.05) is 29.0 Å². The van der Waals surface area contributed by atoms with Crippen LogP contribution in [-0.4, -0.2) is 20.1 Å². The molecule has 0 heterocycles. The van der Waals surface area contributed by atoms with Crippen LogP contribution in [0.15, 0.2) is 0 Å². The molecule has 3 nitrogen and oxygen atoms in total. The molecule has 0 aliphatic heterocycles. The van der Waals surface area contributed by atoms with Gasteiger partial charge in [-0.2, -0.15) is 0 Å². The van der Waals surface area contributed by atoms with Crippen molar-refractivity contribution in [1.82, 2.24) is 0 Å². The smallest absolute Gasteiger partial charge is 0.201 e.